The minimum absolute atomic E-state index is 0.0509. The largest absolute Gasteiger partial charge is 0.478 e. The summed E-state index contributed by atoms with van der Waals surface area (Å²) in [6.45, 7) is 0.0379. The highest BCUT2D eigenvalue weighted by Crippen LogP contribution is 2.44. The van der Waals surface area contributed by atoms with E-state index in [1.54, 1.807) is 12.1 Å². The summed E-state index contributed by atoms with van der Waals surface area (Å²) in [5.41, 5.74) is 4.85. The Morgan fingerprint density at radius 1 is 0.971 bits per heavy atom. The Bertz CT molecular complexity index is 1210. The number of likely N-dealkylation sites (N-methyl/N-ethyl adjacent to an activating group) is 1. The number of aromatic carboxylic acids is 1. The van der Waals surface area contributed by atoms with E-state index in [4.69, 9.17) is 9.47 Å². The third-order valence-electron chi connectivity index (χ3n) is 6.08. The zero-order valence-corrected chi connectivity index (χ0v) is 19.4. The maximum absolute atomic E-state index is 13.1. The number of rotatable bonds is 8. The Labute approximate surface area is 203 Å². The molecule has 0 fully saturated rings. The van der Waals surface area contributed by atoms with Crippen molar-refractivity contribution in [3.8, 4) is 11.1 Å². The minimum atomic E-state index is -1.10. The molecule has 8 heteroatoms. The van der Waals surface area contributed by atoms with Gasteiger partial charge in [-0.2, -0.15) is 0 Å². The van der Waals surface area contributed by atoms with Crippen LogP contribution in [0.25, 0.3) is 11.1 Å². The highest BCUT2D eigenvalue weighted by atomic mass is 16.5. The minimum Gasteiger partial charge on any atom is -0.478 e. The van der Waals surface area contributed by atoms with E-state index in [1.807, 2.05) is 36.4 Å². The van der Waals surface area contributed by atoms with E-state index in [9.17, 15) is 19.5 Å². The van der Waals surface area contributed by atoms with Crippen molar-refractivity contribution in [1.82, 2.24) is 5.32 Å². The van der Waals surface area contributed by atoms with Gasteiger partial charge in [0.2, 0.25) is 0 Å². The normalized spacial score (nSPS) is 12.9. The molecule has 8 nitrogen and oxygen atoms in total. The summed E-state index contributed by atoms with van der Waals surface area (Å²) in [5.74, 6) is -1.67. The fourth-order valence-corrected chi connectivity index (χ4v) is 4.33. The maximum atomic E-state index is 13.1. The average Bonchev–Trinajstić information content (AvgIpc) is 3.20. The Kier molecular flexibility index (Phi) is 7.12. The average molecular weight is 475 g/mol. The molecule has 0 saturated carbocycles. The van der Waals surface area contributed by atoms with Gasteiger partial charge in [0.25, 0.3) is 5.91 Å². The summed E-state index contributed by atoms with van der Waals surface area (Å²) in [5, 5.41) is 11.8. The van der Waals surface area contributed by atoms with E-state index >= 15 is 0 Å². The van der Waals surface area contributed by atoms with Gasteiger partial charge >= 0.3 is 12.1 Å². The molecule has 3 aromatic carbocycles. The van der Waals surface area contributed by atoms with Crippen LogP contribution in [0.15, 0.2) is 72.8 Å². The summed E-state index contributed by atoms with van der Waals surface area (Å²) in [4.78, 5) is 38.3. The fourth-order valence-electron chi connectivity index (χ4n) is 4.33. The first-order valence-electron chi connectivity index (χ1n) is 11.1. The maximum Gasteiger partial charge on any atom is 0.407 e. The fraction of sp³-hybridized carbons (Fsp3) is 0.222. The standard InChI is InChI=1S/C27H26N2O6/c1-29(18-9-7-8-17(14-18)26(31)32)25(30)24(16-34-2)28-27(33)35-15-23-21-12-5-3-10-19(21)20-11-4-6-13-22(20)23/h3-14,23-24H,15-16H2,1-2H3,(H,28,33)(H,31,32). The van der Waals surface area contributed by atoms with E-state index in [0.29, 0.717) is 5.69 Å². The zero-order valence-electron chi connectivity index (χ0n) is 19.4. The van der Waals surface area contributed by atoms with Gasteiger partial charge in [-0.25, -0.2) is 9.59 Å². The molecular weight excluding hydrogens is 448 g/mol. The van der Waals surface area contributed by atoms with Crippen LogP contribution in [0, 0.1) is 0 Å². The van der Waals surface area contributed by atoms with Crippen molar-refractivity contribution < 1.29 is 29.0 Å². The number of nitrogens with zero attached hydrogens (tertiary/aromatic N) is 1. The number of hydrogen-bond donors (Lipinski definition) is 2. The third-order valence-corrected chi connectivity index (χ3v) is 6.08. The van der Waals surface area contributed by atoms with Crippen molar-refractivity contribution in [2.45, 2.75) is 12.0 Å². The topological polar surface area (TPSA) is 105 Å². The molecule has 1 unspecified atom stereocenters. The molecule has 0 aromatic heterocycles. The number of carbonyl (C=O) groups is 3. The highest BCUT2D eigenvalue weighted by Gasteiger charge is 2.30. The molecule has 0 saturated heterocycles. The Balaban J connectivity index is 1.44. The highest BCUT2D eigenvalue weighted by molar-refractivity contribution is 5.99. The molecule has 1 aliphatic carbocycles. The van der Waals surface area contributed by atoms with Gasteiger partial charge < -0.3 is 24.8 Å². The molecule has 0 radical (unpaired) electrons. The molecule has 180 valence electrons. The molecule has 35 heavy (non-hydrogen) atoms. The van der Waals surface area contributed by atoms with Crippen LogP contribution >= 0.6 is 0 Å². The first-order chi connectivity index (χ1) is 16.9. The van der Waals surface area contributed by atoms with Crippen molar-refractivity contribution in [2.75, 3.05) is 32.3 Å². The van der Waals surface area contributed by atoms with Gasteiger partial charge in [-0.1, -0.05) is 54.6 Å². The number of carboxylic acid groups (broad SMARTS) is 1. The van der Waals surface area contributed by atoms with Crippen LogP contribution in [-0.2, 0) is 14.3 Å². The number of fused-ring (bicyclic) bond motifs is 3. The summed E-state index contributed by atoms with van der Waals surface area (Å²) in [6, 6.07) is 21.0. The van der Waals surface area contributed by atoms with Crippen LogP contribution in [0.5, 0.6) is 0 Å². The zero-order chi connectivity index (χ0) is 24.9. The summed E-state index contributed by atoms with van der Waals surface area (Å²) < 4.78 is 10.7. The molecule has 2 N–H and O–H groups in total. The van der Waals surface area contributed by atoms with Gasteiger partial charge in [-0.05, 0) is 40.5 Å². The predicted molar refractivity (Wildman–Crippen MR) is 131 cm³/mol. The van der Waals surface area contributed by atoms with E-state index in [2.05, 4.69) is 17.4 Å². The molecular formula is C27H26N2O6. The SMILES string of the molecule is COCC(NC(=O)OCC1c2ccccc2-c2ccccc21)C(=O)N(C)c1cccc(C(=O)O)c1. The van der Waals surface area contributed by atoms with Crippen LogP contribution in [0.2, 0.25) is 0 Å². The van der Waals surface area contributed by atoms with Crippen molar-refractivity contribution in [3.05, 3.63) is 89.5 Å². The smallest absolute Gasteiger partial charge is 0.407 e. The van der Waals surface area contributed by atoms with Gasteiger partial charge in [-0.3, -0.25) is 4.79 Å². The number of nitrogens with one attached hydrogen (secondary N) is 1. The second-order valence-electron chi connectivity index (χ2n) is 8.23. The molecule has 0 heterocycles. The van der Waals surface area contributed by atoms with Crippen LogP contribution in [-0.4, -0.2) is 56.5 Å². The predicted octanol–water partition coefficient (Wildman–Crippen LogP) is 3.90. The number of methoxy groups -OCH3 is 1. The molecule has 4 rings (SSSR count). The number of carboxylic acids is 1. The number of carbonyl (C=O) groups excluding carboxylic acids is 2. The van der Waals surface area contributed by atoms with E-state index in [0.717, 1.165) is 22.3 Å². The Hall–Kier alpha value is -4.17. The quantitative estimate of drug-likeness (QED) is 0.513. The van der Waals surface area contributed by atoms with Gasteiger partial charge in [0.15, 0.2) is 0 Å². The Morgan fingerprint density at radius 3 is 2.20 bits per heavy atom. The third kappa shape index (κ3) is 5.02. The molecule has 2 amide bonds. The lowest BCUT2D eigenvalue weighted by molar-refractivity contribution is -0.121. The molecule has 0 spiro atoms. The molecule has 0 aliphatic heterocycles. The Morgan fingerprint density at radius 2 is 1.60 bits per heavy atom. The molecule has 0 bridgehead atoms. The number of anilines is 1. The van der Waals surface area contributed by atoms with Gasteiger partial charge in [0, 0.05) is 25.8 Å². The van der Waals surface area contributed by atoms with Crippen LogP contribution in [0.3, 0.4) is 0 Å². The van der Waals surface area contributed by atoms with Gasteiger partial charge in [-0.15, -0.1) is 0 Å². The monoisotopic (exact) mass is 474 g/mol. The number of hydrogen-bond acceptors (Lipinski definition) is 5. The van der Waals surface area contributed by atoms with Crippen LogP contribution in [0.1, 0.15) is 27.4 Å². The molecule has 1 atom stereocenters. The van der Waals surface area contributed by atoms with Crippen molar-refractivity contribution >= 4 is 23.7 Å². The molecule has 3 aromatic rings. The van der Waals surface area contributed by atoms with Crippen LogP contribution < -0.4 is 10.2 Å². The summed E-state index contributed by atoms with van der Waals surface area (Å²) >= 11 is 0. The molecule has 1 aliphatic rings. The second-order valence-corrected chi connectivity index (χ2v) is 8.23. The van der Waals surface area contributed by atoms with Crippen molar-refractivity contribution in [3.63, 3.8) is 0 Å². The number of amides is 2. The number of benzene rings is 3. The lowest BCUT2D eigenvalue weighted by Crippen LogP contribution is -2.50. The number of alkyl carbamates (subject to hydrolysis) is 1. The second kappa shape index (κ2) is 10.4. The lowest BCUT2D eigenvalue weighted by Gasteiger charge is -2.24. The van der Waals surface area contributed by atoms with Crippen LogP contribution in [0.4, 0.5) is 10.5 Å². The van der Waals surface area contributed by atoms with Crippen molar-refractivity contribution in [2.24, 2.45) is 0 Å². The summed E-state index contributed by atoms with van der Waals surface area (Å²) in [7, 11) is 2.93. The van der Waals surface area contributed by atoms with Crippen molar-refractivity contribution in [1.29, 1.82) is 0 Å². The van der Waals surface area contributed by atoms with Gasteiger partial charge in [0.05, 0.1) is 12.2 Å². The van der Waals surface area contributed by atoms with E-state index < -0.39 is 24.0 Å². The summed E-state index contributed by atoms with van der Waals surface area (Å²) in [6.07, 6.45) is -0.741. The van der Waals surface area contributed by atoms with E-state index in [1.165, 1.54) is 31.2 Å². The lowest BCUT2D eigenvalue weighted by atomic mass is 9.98. The van der Waals surface area contributed by atoms with E-state index in [-0.39, 0.29) is 24.7 Å². The number of ether oxygens (including phenoxy) is 2. The van der Waals surface area contributed by atoms with Gasteiger partial charge in [0.1, 0.15) is 12.6 Å². The first kappa shape index (κ1) is 24.0. The first-order valence-corrected chi connectivity index (χ1v) is 11.1.